The van der Waals surface area contributed by atoms with E-state index in [1.165, 1.54) is 6.08 Å². The fourth-order valence-corrected chi connectivity index (χ4v) is 2.09. The number of nitrogens with zero attached hydrogens (tertiary/aromatic N) is 1. The van der Waals surface area contributed by atoms with Gasteiger partial charge in [0.15, 0.2) is 0 Å². The largest absolute Gasteiger partial charge is 0.462 e. The molecule has 0 fully saturated rings. The van der Waals surface area contributed by atoms with Crippen molar-refractivity contribution in [3.8, 4) is 0 Å². The predicted molar refractivity (Wildman–Crippen MR) is 91.3 cm³/mol. The minimum atomic E-state index is -0.345. The van der Waals surface area contributed by atoms with Gasteiger partial charge in [-0.2, -0.15) is 0 Å². The average Bonchev–Trinajstić information content (AvgIpc) is 2.64. The van der Waals surface area contributed by atoms with Gasteiger partial charge in [-0.25, -0.2) is 4.79 Å². The minimum absolute atomic E-state index is 0.230. The van der Waals surface area contributed by atoms with Crippen LogP contribution in [0.25, 0.3) is 0 Å². The zero-order valence-electron chi connectivity index (χ0n) is 13.4. The summed E-state index contributed by atoms with van der Waals surface area (Å²) in [5, 5.41) is 2.68. The van der Waals surface area contributed by atoms with Gasteiger partial charge in [0.05, 0.1) is 12.2 Å². The summed E-state index contributed by atoms with van der Waals surface area (Å²) in [6, 6.07) is 10.8. The lowest BCUT2D eigenvalue weighted by Crippen LogP contribution is -2.19. The van der Waals surface area contributed by atoms with Crippen LogP contribution in [0.15, 0.2) is 61.4 Å². The predicted octanol–water partition coefficient (Wildman–Crippen LogP) is 2.67. The zero-order chi connectivity index (χ0) is 17.2. The third kappa shape index (κ3) is 5.68. The first-order valence-electron chi connectivity index (χ1n) is 7.74. The van der Waals surface area contributed by atoms with E-state index in [2.05, 4.69) is 16.9 Å². The number of aromatic nitrogens is 1. The first-order valence-corrected chi connectivity index (χ1v) is 7.74. The molecule has 2 rings (SSSR count). The Morgan fingerprint density at radius 3 is 2.62 bits per heavy atom. The van der Waals surface area contributed by atoms with Crippen molar-refractivity contribution < 1.29 is 14.3 Å². The van der Waals surface area contributed by atoms with Gasteiger partial charge < -0.3 is 10.1 Å². The van der Waals surface area contributed by atoms with Crippen LogP contribution in [0, 0.1) is 0 Å². The van der Waals surface area contributed by atoms with E-state index in [4.69, 9.17) is 4.74 Å². The Morgan fingerprint density at radius 1 is 1.17 bits per heavy atom. The van der Waals surface area contributed by atoms with E-state index in [1.807, 2.05) is 18.3 Å². The van der Waals surface area contributed by atoms with Crippen molar-refractivity contribution in [1.82, 2.24) is 10.3 Å². The molecule has 1 heterocycles. The molecule has 5 heteroatoms. The average molecular weight is 324 g/mol. The molecule has 0 aliphatic carbocycles. The van der Waals surface area contributed by atoms with Gasteiger partial charge >= 0.3 is 5.97 Å². The van der Waals surface area contributed by atoms with Crippen molar-refractivity contribution in [2.24, 2.45) is 0 Å². The van der Waals surface area contributed by atoms with Crippen molar-refractivity contribution in [3.63, 3.8) is 0 Å². The molecule has 124 valence electrons. The molecule has 0 aliphatic heterocycles. The molecule has 1 amide bonds. The molecule has 5 nitrogen and oxygen atoms in total. The quantitative estimate of drug-likeness (QED) is 0.460. The highest BCUT2D eigenvalue weighted by Gasteiger charge is 2.07. The molecule has 0 bridgehead atoms. The second-order valence-corrected chi connectivity index (χ2v) is 5.22. The van der Waals surface area contributed by atoms with E-state index in [-0.39, 0.29) is 11.9 Å². The third-order valence-electron chi connectivity index (χ3n) is 3.41. The molecule has 2 aromatic rings. The maximum absolute atomic E-state index is 12.0. The Kier molecular flexibility index (Phi) is 6.71. The molecule has 0 atom stereocenters. The number of nitrogens with one attached hydrogen (secondary N) is 1. The molecule has 0 saturated heterocycles. The molecule has 24 heavy (non-hydrogen) atoms. The van der Waals surface area contributed by atoms with Crippen molar-refractivity contribution in [2.45, 2.75) is 19.4 Å². The highest BCUT2D eigenvalue weighted by molar-refractivity contribution is 5.89. The van der Waals surface area contributed by atoms with Crippen molar-refractivity contribution in [2.75, 3.05) is 6.61 Å². The number of amides is 1. The Balaban J connectivity index is 1.74. The monoisotopic (exact) mass is 324 g/mol. The summed E-state index contributed by atoms with van der Waals surface area (Å²) in [7, 11) is 0. The molecule has 0 spiro atoms. The number of aryl methyl sites for hydroxylation is 1. The van der Waals surface area contributed by atoms with Crippen LogP contribution in [0.2, 0.25) is 0 Å². The van der Waals surface area contributed by atoms with E-state index >= 15 is 0 Å². The van der Waals surface area contributed by atoms with Gasteiger partial charge in [-0.3, -0.25) is 9.78 Å². The summed E-state index contributed by atoms with van der Waals surface area (Å²) in [6.45, 7) is 4.15. The number of pyridine rings is 1. The van der Waals surface area contributed by atoms with Gasteiger partial charge in [0.2, 0.25) is 5.91 Å². The second-order valence-electron chi connectivity index (χ2n) is 5.22. The fourth-order valence-electron chi connectivity index (χ4n) is 2.09. The molecule has 1 aromatic carbocycles. The Labute approximate surface area is 141 Å². The number of hydrogen-bond acceptors (Lipinski definition) is 4. The first-order chi connectivity index (χ1) is 11.7. The maximum Gasteiger partial charge on any atom is 0.338 e. The SMILES string of the molecule is C=CC(=O)NCc1ccc(C(=O)OCCCc2cccnc2)cc1. The number of benzene rings is 1. The zero-order valence-corrected chi connectivity index (χ0v) is 13.4. The number of carbonyl (C=O) groups is 2. The topological polar surface area (TPSA) is 68.3 Å². The summed E-state index contributed by atoms with van der Waals surface area (Å²) in [4.78, 5) is 27.1. The molecule has 0 unspecified atom stereocenters. The van der Waals surface area contributed by atoms with Crippen molar-refractivity contribution in [1.29, 1.82) is 0 Å². The number of esters is 1. The van der Waals surface area contributed by atoms with Crippen LogP contribution < -0.4 is 5.32 Å². The summed E-state index contributed by atoms with van der Waals surface area (Å²) in [5.41, 5.74) is 2.52. The molecule has 1 aromatic heterocycles. The van der Waals surface area contributed by atoms with E-state index < -0.39 is 0 Å². The van der Waals surface area contributed by atoms with Gasteiger partial charge in [-0.1, -0.05) is 24.8 Å². The number of ether oxygens (including phenoxy) is 1. The smallest absolute Gasteiger partial charge is 0.338 e. The Hall–Kier alpha value is -2.95. The lowest BCUT2D eigenvalue weighted by molar-refractivity contribution is -0.116. The van der Waals surface area contributed by atoms with Crippen LogP contribution in [0.4, 0.5) is 0 Å². The fraction of sp³-hybridized carbons (Fsp3) is 0.211. The van der Waals surface area contributed by atoms with E-state index in [0.29, 0.717) is 18.7 Å². The lowest BCUT2D eigenvalue weighted by Gasteiger charge is -2.06. The summed E-state index contributed by atoms with van der Waals surface area (Å²) in [5.74, 6) is -0.574. The Morgan fingerprint density at radius 2 is 1.96 bits per heavy atom. The first kappa shape index (κ1) is 17.4. The molecule has 1 N–H and O–H groups in total. The van der Waals surface area contributed by atoms with E-state index in [9.17, 15) is 9.59 Å². The van der Waals surface area contributed by atoms with Crippen LogP contribution >= 0.6 is 0 Å². The molecular formula is C19H20N2O3. The Bertz CT molecular complexity index is 682. The van der Waals surface area contributed by atoms with Gasteiger partial charge in [-0.15, -0.1) is 0 Å². The van der Waals surface area contributed by atoms with Crippen LogP contribution in [-0.2, 0) is 22.5 Å². The maximum atomic E-state index is 12.0. The van der Waals surface area contributed by atoms with Gasteiger partial charge in [-0.05, 0) is 48.2 Å². The molecule has 0 aliphatic rings. The highest BCUT2D eigenvalue weighted by Crippen LogP contribution is 2.07. The molecular weight excluding hydrogens is 304 g/mol. The van der Waals surface area contributed by atoms with Crippen LogP contribution in [0.1, 0.15) is 27.9 Å². The van der Waals surface area contributed by atoms with Crippen molar-refractivity contribution >= 4 is 11.9 Å². The standard InChI is InChI=1S/C19H20N2O3/c1-2-18(22)21-14-16-7-9-17(10-8-16)19(23)24-12-4-6-15-5-3-11-20-13-15/h2-3,5,7-11,13H,1,4,6,12,14H2,(H,21,22). The normalized spacial score (nSPS) is 10.0. The number of carbonyl (C=O) groups excluding carboxylic acids is 2. The lowest BCUT2D eigenvalue weighted by atomic mass is 10.1. The van der Waals surface area contributed by atoms with E-state index in [0.717, 1.165) is 24.0 Å². The number of hydrogen-bond donors (Lipinski definition) is 1. The third-order valence-corrected chi connectivity index (χ3v) is 3.41. The van der Waals surface area contributed by atoms with Crippen LogP contribution in [-0.4, -0.2) is 23.5 Å². The highest BCUT2D eigenvalue weighted by atomic mass is 16.5. The number of rotatable bonds is 8. The van der Waals surface area contributed by atoms with Crippen LogP contribution in [0.5, 0.6) is 0 Å². The van der Waals surface area contributed by atoms with Crippen LogP contribution in [0.3, 0.4) is 0 Å². The minimum Gasteiger partial charge on any atom is -0.462 e. The molecule has 0 radical (unpaired) electrons. The summed E-state index contributed by atoms with van der Waals surface area (Å²) in [6.07, 6.45) is 6.34. The van der Waals surface area contributed by atoms with Gasteiger partial charge in [0.1, 0.15) is 0 Å². The van der Waals surface area contributed by atoms with Crippen molar-refractivity contribution in [3.05, 3.63) is 78.1 Å². The second kappa shape index (κ2) is 9.25. The summed E-state index contributed by atoms with van der Waals surface area (Å²) >= 11 is 0. The summed E-state index contributed by atoms with van der Waals surface area (Å²) < 4.78 is 5.26. The van der Waals surface area contributed by atoms with E-state index in [1.54, 1.807) is 30.5 Å². The molecule has 0 saturated carbocycles. The van der Waals surface area contributed by atoms with Gasteiger partial charge in [0, 0.05) is 18.9 Å². The van der Waals surface area contributed by atoms with Gasteiger partial charge in [0.25, 0.3) is 0 Å².